The van der Waals surface area contributed by atoms with E-state index in [2.05, 4.69) is 60.5 Å². The van der Waals surface area contributed by atoms with E-state index in [0.717, 1.165) is 37.4 Å². The zero-order valence-corrected chi connectivity index (χ0v) is 12.2. The van der Waals surface area contributed by atoms with Crippen molar-refractivity contribution in [2.45, 2.75) is 19.0 Å². The molecule has 4 rings (SSSR count). The minimum atomic E-state index is 0.408. The fourth-order valence-corrected chi connectivity index (χ4v) is 3.00. The molecule has 2 aromatic heterocycles. The van der Waals surface area contributed by atoms with Crippen LogP contribution in [0.1, 0.15) is 12.0 Å². The number of imidazole rings is 1. The number of hydrogen-bond acceptors (Lipinski definition) is 5. The first-order valence-corrected chi connectivity index (χ1v) is 7.55. The molecule has 6 nitrogen and oxygen atoms in total. The normalized spacial score (nSPS) is 18.8. The van der Waals surface area contributed by atoms with Crippen molar-refractivity contribution in [2.75, 3.05) is 18.4 Å². The van der Waals surface area contributed by atoms with E-state index in [4.69, 9.17) is 0 Å². The summed E-state index contributed by atoms with van der Waals surface area (Å²) in [6, 6.07) is 11.0. The van der Waals surface area contributed by atoms with Crippen molar-refractivity contribution in [2.24, 2.45) is 0 Å². The summed E-state index contributed by atoms with van der Waals surface area (Å²) in [4.78, 5) is 18.2. The molecule has 0 saturated carbocycles. The molecule has 22 heavy (non-hydrogen) atoms. The lowest BCUT2D eigenvalue weighted by atomic mass is 10.2. The molecule has 0 bridgehead atoms. The molecule has 3 heterocycles. The summed E-state index contributed by atoms with van der Waals surface area (Å²) in [6.45, 7) is 3.13. The highest BCUT2D eigenvalue weighted by atomic mass is 15.2. The van der Waals surface area contributed by atoms with Crippen LogP contribution in [-0.2, 0) is 6.54 Å². The largest absolute Gasteiger partial charge is 0.364 e. The van der Waals surface area contributed by atoms with Crippen LogP contribution in [0.25, 0.3) is 11.2 Å². The van der Waals surface area contributed by atoms with Crippen molar-refractivity contribution in [3.63, 3.8) is 0 Å². The summed E-state index contributed by atoms with van der Waals surface area (Å²) in [5, 5.41) is 3.52. The number of nitrogens with zero attached hydrogens (tertiary/aromatic N) is 4. The number of aromatic nitrogens is 4. The first-order chi connectivity index (χ1) is 10.9. The molecule has 1 fully saturated rings. The average Bonchev–Trinajstić information content (AvgIpc) is 3.18. The smallest absolute Gasteiger partial charge is 0.182 e. The van der Waals surface area contributed by atoms with Gasteiger partial charge in [0.25, 0.3) is 0 Å². The fraction of sp³-hybridized carbons (Fsp3) is 0.312. The van der Waals surface area contributed by atoms with Crippen molar-refractivity contribution in [1.29, 1.82) is 0 Å². The number of fused-ring (bicyclic) bond motifs is 1. The lowest BCUT2D eigenvalue weighted by Gasteiger charge is -2.17. The van der Waals surface area contributed by atoms with Gasteiger partial charge in [0.05, 0.1) is 6.33 Å². The lowest BCUT2D eigenvalue weighted by molar-refractivity contribution is 0.328. The first kappa shape index (κ1) is 13.2. The molecular weight excluding hydrogens is 276 g/mol. The quantitative estimate of drug-likeness (QED) is 0.770. The Bertz CT molecular complexity index is 753. The third kappa shape index (κ3) is 2.65. The standard InChI is InChI=1S/C16H18N6/c1-2-4-12(5-3-1)8-22-7-6-13(9-22)21-16-14-15(18-10-17-14)19-11-20-16/h1-5,10-11,13H,6-9H2,(H2,17,18,19,20,21)/t13-/m1/s1. The molecule has 3 aromatic rings. The van der Waals surface area contributed by atoms with E-state index in [-0.39, 0.29) is 0 Å². The summed E-state index contributed by atoms with van der Waals surface area (Å²) in [6.07, 6.45) is 4.33. The molecule has 1 aliphatic heterocycles. The van der Waals surface area contributed by atoms with Gasteiger partial charge in [-0.1, -0.05) is 30.3 Å². The van der Waals surface area contributed by atoms with Crippen LogP contribution in [0.3, 0.4) is 0 Å². The van der Waals surface area contributed by atoms with E-state index in [1.54, 1.807) is 12.7 Å². The Morgan fingerprint density at radius 2 is 2.09 bits per heavy atom. The number of hydrogen-bond donors (Lipinski definition) is 2. The first-order valence-electron chi connectivity index (χ1n) is 7.55. The monoisotopic (exact) mass is 294 g/mol. The summed E-state index contributed by atoms with van der Waals surface area (Å²) in [5.41, 5.74) is 2.95. The molecule has 112 valence electrons. The summed E-state index contributed by atoms with van der Waals surface area (Å²) >= 11 is 0. The van der Waals surface area contributed by atoms with Crippen molar-refractivity contribution >= 4 is 17.0 Å². The number of H-pyrrole nitrogens is 1. The number of aromatic amines is 1. The van der Waals surface area contributed by atoms with E-state index in [1.165, 1.54) is 5.56 Å². The second-order valence-corrected chi connectivity index (χ2v) is 5.67. The average molecular weight is 294 g/mol. The van der Waals surface area contributed by atoms with Crippen molar-refractivity contribution in [3.05, 3.63) is 48.5 Å². The Balaban J connectivity index is 1.42. The van der Waals surface area contributed by atoms with Gasteiger partial charge in [-0.2, -0.15) is 0 Å². The highest BCUT2D eigenvalue weighted by molar-refractivity contribution is 5.82. The van der Waals surface area contributed by atoms with Crippen LogP contribution in [0.15, 0.2) is 43.0 Å². The van der Waals surface area contributed by atoms with Gasteiger partial charge >= 0.3 is 0 Å². The van der Waals surface area contributed by atoms with Crippen LogP contribution in [0.2, 0.25) is 0 Å². The number of anilines is 1. The van der Waals surface area contributed by atoms with Crippen molar-refractivity contribution in [1.82, 2.24) is 24.8 Å². The maximum atomic E-state index is 4.34. The van der Waals surface area contributed by atoms with Crippen LogP contribution in [0, 0.1) is 0 Å². The zero-order chi connectivity index (χ0) is 14.8. The van der Waals surface area contributed by atoms with E-state index in [1.807, 2.05) is 0 Å². The number of likely N-dealkylation sites (tertiary alicyclic amines) is 1. The van der Waals surface area contributed by atoms with Gasteiger partial charge < -0.3 is 10.3 Å². The highest BCUT2D eigenvalue weighted by Crippen LogP contribution is 2.20. The predicted octanol–water partition coefficient (Wildman–Crippen LogP) is 2.04. The maximum Gasteiger partial charge on any atom is 0.182 e. The zero-order valence-electron chi connectivity index (χ0n) is 12.2. The van der Waals surface area contributed by atoms with E-state index < -0.39 is 0 Å². The predicted molar refractivity (Wildman–Crippen MR) is 85.4 cm³/mol. The summed E-state index contributed by atoms with van der Waals surface area (Å²) in [7, 11) is 0. The molecule has 1 aromatic carbocycles. The van der Waals surface area contributed by atoms with Gasteiger partial charge in [-0.05, 0) is 12.0 Å². The third-order valence-electron chi connectivity index (χ3n) is 4.09. The van der Waals surface area contributed by atoms with E-state index >= 15 is 0 Å². The Labute approximate surface area is 128 Å². The molecule has 6 heteroatoms. The third-order valence-corrected chi connectivity index (χ3v) is 4.09. The van der Waals surface area contributed by atoms with Gasteiger partial charge in [-0.15, -0.1) is 0 Å². The minimum absolute atomic E-state index is 0.408. The molecule has 1 saturated heterocycles. The fourth-order valence-electron chi connectivity index (χ4n) is 3.00. The number of rotatable bonds is 4. The molecule has 0 radical (unpaired) electrons. The summed E-state index contributed by atoms with van der Waals surface area (Å²) in [5.74, 6) is 0.842. The van der Waals surface area contributed by atoms with Crippen molar-refractivity contribution in [3.8, 4) is 0 Å². The van der Waals surface area contributed by atoms with Crippen LogP contribution >= 0.6 is 0 Å². The Hall–Kier alpha value is -2.47. The second kappa shape index (κ2) is 5.73. The van der Waals surface area contributed by atoms with Crippen molar-refractivity contribution < 1.29 is 0 Å². The molecule has 1 atom stereocenters. The number of nitrogens with one attached hydrogen (secondary N) is 2. The number of benzene rings is 1. The molecule has 2 N–H and O–H groups in total. The molecule has 0 unspecified atom stereocenters. The lowest BCUT2D eigenvalue weighted by Crippen LogP contribution is -2.26. The minimum Gasteiger partial charge on any atom is -0.364 e. The molecule has 0 aliphatic carbocycles. The van der Waals surface area contributed by atoms with Crippen LogP contribution < -0.4 is 5.32 Å². The molecule has 0 spiro atoms. The summed E-state index contributed by atoms with van der Waals surface area (Å²) < 4.78 is 0. The van der Waals surface area contributed by atoms with Gasteiger partial charge in [-0.25, -0.2) is 15.0 Å². The Kier molecular flexibility index (Phi) is 3.44. The van der Waals surface area contributed by atoms with Crippen LogP contribution in [0.5, 0.6) is 0 Å². The SMILES string of the molecule is c1ccc(CN2CC[C@@H](Nc3ncnc4nc[nH]c34)C2)cc1. The van der Waals surface area contributed by atoms with Gasteiger partial charge in [-0.3, -0.25) is 4.90 Å². The second-order valence-electron chi connectivity index (χ2n) is 5.67. The van der Waals surface area contributed by atoms with E-state index in [9.17, 15) is 0 Å². The van der Waals surface area contributed by atoms with Crippen LogP contribution in [-0.4, -0.2) is 44.0 Å². The van der Waals surface area contributed by atoms with Crippen LogP contribution in [0.4, 0.5) is 5.82 Å². The van der Waals surface area contributed by atoms with Gasteiger partial charge in [0, 0.05) is 25.7 Å². The molecular formula is C16H18N6. The van der Waals surface area contributed by atoms with Gasteiger partial charge in [0.2, 0.25) is 0 Å². The maximum absolute atomic E-state index is 4.34. The van der Waals surface area contributed by atoms with E-state index in [0.29, 0.717) is 11.7 Å². The Morgan fingerprint density at radius 1 is 1.18 bits per heavy atom. The molecule has 1 aliphatic rings. The highest BCUT2D eigenvalue weighted by Gasteiger charge is 2.23. The topological polar surface area (TPSA) is 69.7 Å². The Morgan fingerprint density at radius 3 is 3.00 bits per heavy atom. The van der Waals surface area contributed by atoms with Gasteiger partial charge in [0.1, 0.15) is 11.8 Å². The molecule has 0 amide bonds. The van der Waals surface area contributed by atoms with Gasteiger partial charge in [0.15, 0.2) is 11.5 Å².